The first kappa shape index (κ1) is 18.9. The van der Waals surface area contributed by atoms with Gasteiger partial charge >= 0.3 is 5.97 Å². The zero-order valence-electron chi connectivity index (χ0n) is 14.7. The van der Waals surface area contributed by atoms with Crippen LogP contribution in [-0.4, -0.2) is 33.2 Å². The predicted molar refractivity (Wildman–Crippen MR) is 91.5 cm³/mol. The fourth-order valence-electron chi connectivity index (χ4n) is 4.10. The molecule has 3 rings (SSSR count). The Labute approximate surface area is 150 Å². The molecule has 2 saturated carbocycles. The molecule has 2 aliphatic rings. The van der Waals surface area contributed by atoms with E-state index in [1.54, 1.807) is 6.92 Å². The Bertz CT molecular complexity index is 691. The Kier molecular flexibility index (Phi) is 4.40. The van der Waals surface area contributed by atoms with Crippen LogP contribution in [-0.2, 0) is 4.74 Å². The molecule has 144 valence electrons. The van der Waals surface area contributed by atoms with Gasteiger partial charge in [-0.1, -0.05) is 13.8 Å². The van der Waals surface area contributed by atoms with Crippen molar-refractivity contribution in [2.75, 3.05) is 10.5 Å². The molecule has 3 N–H and O–H groups in total. The molecule has 0 unspecified atom stereocenters. The highest BCUT2D eigenvalue weighted by molar-refractivity contribution is 5.92. The van der Waals surface area contributed by atoms with Crippen molar-refractivity contribution in [2.45, 2.75) is 45.3 Å². The average molecular weight is 366 g/mol. The Morgan fingerprint density at radius 1 is 1.15 bits per heavy atom. The summed E-state index contributed by atoms with van der Waals surface area (Å²) in [7, 11) is 0. The van der Waals surface area contributed by atoms with E-state index < -0.39 is 28.6 Å². The zero-order valence-corrected chi connectivity index (χ0v) is 14.7. The average Bonchev–Trinajstić information content (AvgIpc) is 3.05. The van der Waals surface area contributed by atoms with E-state index in [1.807, 2.05) is 0 Å². The van der Waals surface area contributed by atoms with Crippen molar-refractivity contribution < 1.29 is 25.1 Å². The fraction of sp³-hybridized carbons (Fsp3) is 0.588. The molecule has 2 fully saturated rings. The van der Waals surface area contributed by atoms with E-state index in [2.05, 4.69) is 13.8 Å². The number of rotatable bonds is 4. The van der Waals surface area contributed by atoms with Gasteiger partial charge in [0, 0.05) is 5.69 Å². The summed E-state index contributed by atoms with van der Waals surface area (Å²) in [6.07, 6.45) is 0.300. The van der Waals surface area contributed by atoms with Gasteiger partial charge in [0.1, 0.15) is 6.10 Å². The van der Waals surface area contributed by atoms with Crippen molar-refractivity contribution in [1.82, 2.24) is 0 Å². The number of nitrogens with zero attached hydrogens (tertiary/aromatic N) is 2. The van der Waals surface area contributed by atoms with Crippen molar-refractivity contribution in [3.05, 3.63) is 34.2 Å². The van der Waals surface area contributed by atoms with Gasteiger partial charge in [0.2, 0.25) is 0 Å². The smallest absolute Gasteiger partial charge is 0.338 e. The summed E-state index contributed by atoms with van der Waals surface area (Å²) in [5, 5.41) is 49.8. The highest BCUT2D eigenvalue weighted by atomic mass is 16.8. The first-order valence-corrected chi connectivity index (χ1v) is 8.34. The minimum atomic E-state index is -1.19. The second-order valence-electron chi connectivity index (χ2n) is 8.01. The molecule has 0 amide bonds. The van der Waals surface area contributed by atoms with E-state index in [9.17, 15) is 20.3 Å². The van der Waals surface area contributed by atoms with E-state index in [0.29, 0.717) is 24.7 Å². The number of carbonyl (C=O) groups excluding carboxylic acids is 1. The number of aliphatic hydroxyl groups is 1. The molecule has 0 aromatic heterocycles. The number of carbonyl (C=O) groups is 1. The third-order valence-electron chi connectivity index (χ3n) is 5.91. The van der Waals surface area contributed by atoms with Gasteiger partial charge in [-0.05, 0) is 55.2 Å². The maximum atomic E-state index is 12.5. The largest absolute Gasteiger partial charge is 0.769 e. The number of hydrogen-bond acceptors (Lipinski definition) is 9. The Balaban J connectivity index is 1.81. The van der Waals surface area contributed by atoms with Crippen LogP contribution in [0.25, 0.3) is 0 Å². The van der Waals surface area contributed by atoms with Crippen molar-refractivity contribution in [1.29, 1.82) is 0 Å². The number of esters is 1. The molecule has 1 aromatic carbocycles. The van der Waals surface area contributed by atoms with Crippen molar-refractivity contribution in [2.24, 2.45) is 17.3 Å². The molecule has 9 heteroatoms. The van der Waals surface area contributed by atoms with E-state index in [0.717, 1.165) is 18.2 Å². The molecule has 0 aliphatic heterocycles. The molecule has 0 heterocycles. The van der Waals surface area contributed by atoms with Crippen LogP contribution in [0.2, 0.25) is 0 Å². The first-order valence-electron chi connectivity index (χ1n) is 8.34. The maximum Gasteiger partial charge on any atom is 0.338 e. The second kappa shape index (κ2) is 6.07. The molecular formula is C17H22N2O7-2. The van der Waals surface area contributed by atoms with Gasteiger partial charge < -0.3 is 25.5 Å². The lowest BCUT2D eigenvalue weighted by Crippen LogP contribution is -2.45. The highest BCUT2D eigenvalue weighted by Crippen LogP contribution is 2.66. The molecule has 1 aromatic rings. The number of anilines is 2. The summed E-state index contributed by atoms with van der Waals surface area (Å²) in [5.74, 6) is -0.125. The van der Waals surface area contributed by atoms with Crippen molar-refractivity contribution in [3.8, 4) is 0 Å². The van der Waals surface area contributed by atoms with Crippen LogP contribution in [0.15, 0.2) is 18.2 Å². The minimum Gasteiger partial charge on any atom is -0.769 e. The molecule has 0 saturated heterocycles. The van der Waals surface area contributed by atoms with E-state index in [-0.39, 0.29) is 21.9 Å². The minimum absolute atomic E-state index is 0.0954. The molecule has 0 spiro atoms. The first-order chi connectivity index (χ1) is 11.9. The van der Waals surface area contributed by atoms with E-state index in [1.165, 1.54) is 0 Å². The molecular weight excluding hydrogens is 344 g/mol. The predicted octanol–water partition coefficient (Wildman–Crippen LogP) is 2.42. The van der Waals surface area contributed by atoms with Crippen LogP contribution in [0.4, 0.5) is 11.4 Å². The van der Waals surface area contributed by atoms with E-state index >= 15 is 0 Å². The lowest BCUT2D eigenvalue weighted by Gasteiger charge is -2.38. The van der Waals surface area contributed by atoms with Gasteiger partial charge in [-0.2, -0.15) is 0 Å². The third kappa shape index (κ3) is 3.24. The zero-order chi connectivity index (χ0) is 19.4. The third-order valence-corrected chi connectivity index (χ3v) is 5.91. The van der Waals surface area contributed by atoms with Gasteiger partial charge in [-0.25, -0.2) is 4.79 Å². The van der Waals surface area contributed by atoms with Gasteiger partial charge in [-0.3, -0.25) is 10.4 Å². The van der Waals surface area contributed by atoms with Gasteiger partial charge in [0.15, 0.2) is 0 Å². The summed E-state index contributed by atoms with van der Waals surface area (Å²) in [6.45, 7) is 5.86. The summed E-state index contributed by atoms with van der Waals surface area (Å²) >= 11 is 0. The second-order valence-corrected chi connectivity index (χ2v) is 8.01. The number of hydrogen-bond donors (Lipinski definition) is 3. The topological polar surface area (TPSA) is 140 Å². The monoisotopic (exact) mass is 366 g/mol. The normalized spacial score (nSPS) is 31.8. The summed E-state index contributed by atoms with van der Waals surface area (Å²) in [6, 6.07) is 2.97. The van der Waals surface area contributed by atoms with Crippen molar-refractivity contribution in [3.63, 3.8) is 0 Å². The number of fused-ring (bicyclic) bond motifs is 1. The van der Waals surface area contributed by atoms with Crippen LogP contribution >= 0.6 is 0 Å². The van der Waals surface area contributed by atoms with Crippen LogP contribution in [0, 0.1) is 27.7 Å². The maximum absolute atomic E-state index is 12.5. The lowest BCUT2D eigenvalue weighted by atomic mass is 9.83. The molecule has 9 nitrogen and oxygen atoms in total. The summed E-state index contributed by atoms with van der Waals surface area (Å²) < 4.78 is 5.46. The molecule has 0 bridgehead atoms. The van der Waals surface area contributed by atoms with Gasteiger partial charge in [0.05, 0.1) is 16.9 Å². The van der Waals surface area contributed by atoms with Crippen LogP contribution in [0.5, 0.6) is 0 Å². The quantitative estimate of drug-likeness (QED) is 0.541. The van der Waals surface area contributed by atoms with Crippen molar-refractivity contribution >= 4 is 17.3 Å². The lowest BCUT2D eigenvalue weighted by molar-refractivity contribution is -0.0986. The fourth-order valence-corrected chi connectivity index (χ4v) is 4.10. The standard InChI is InChI=1S/C17H22N2O7/c1-16(2)12-7-14(17(3,21)8-13(12)16)26-15(20)9-4-10(18(22)23)6-11(5-9)19(24)25/h4-6,12-14,21-23H,7-8H2,1-3H3/q-2/t12-,13+,14-,17-/m1/s1. The van der Waals surface area contributed by atoms with Crippen LogP contribution < -0.4 is 10.5 Å². The van der Waals surface area contributed by atoms with E-state index in [4.69, 9.17) is 15.2 Å². The number of ether oxygens (including phenoxy) is 1. The summed E-state index contributed by atoms with van der Waals surface area (Å²) in [4.78, 5) is 12.5. The van der Waals surface area contributed by atoms with Gasteiger partial charge in [-0.15, -0.1) is 5.23 Å². The Morgan fingerprint density at radius 3 is 2.35 bits per heavy atom. The molecule has 2 aliphatic carbocycles. The Morgan fingerprint density at radius 2 is 1.77 bits per heavy atom. The molecule has 4 atom stereocenters. The SMILES string of the molecule is CC1(C)[C@@H]2C[C@@H](OC(=O)c3cc(N([O-])[O-])cc(N(O)O)c3)[C@](C)(O)C[C@@H]21. The highest BCUT2D eigenvalue weighted by Gasteiger charge is 2.64. The van der Waals surface area contributed by atoms with Gasteiger partial charge in [0.25, 0.3) is 0 Å². The van der Waals surface area contributed by atoms with Crippen LogP contribution in [0.3, 0.4) is 0 Å². The molecule has 26 heavy (non-hydrogen) atoms. The summed E-state index contributed by atoms with van der Waals surface area (Å²) in [5.41, 5.74) is -2.12. The van der Waals surface area contributed by atoms with Crippen LogP contribution in [0.1, 0.15) is 44.0 Å². The molecule has 0 radical (unpaired) electrons. The number of benzene rings is 1. The Hall–Kier alpha value is -1.91.